The van der Waals surface area contributed by atoms with Crippen molar-refractivity contribution in [3.05, 3.63) is 42.2 Å². The van der Waals surface area contributed by atoms with Gasteiger partial charge in [-0.3, -0.25) is 0 Å². The number of thioether (sulfide) groups is 1. The average Bonchev–Trinajstić information content (AvgIpc) is 3.51. The average molecular weight is 525 g/mol. The lowest BCUT2D eigenvalue weighted by molar-refractivity contribution is 0.177. The molecule has 1 atom stereocenters. The molecule has 2 aromatic rings. The van der Waals surface area contributed by atoms with Crippen LogP contribution in [0.2, 0.25) is 0 Å². The van der Waals surface area contributed by atoms with E-state index < -0.39 is 0 Å². The van der Waals surface area contributed by atoms with E-state index >= 15 is 0 Å². The summed E-state index contributed by atoms with van der Waals surface area (Å²) in [4.78, 5) is 4.61. The predicted molar refractivity (Wildman–Crippen MR) is 159 cm³/mol. The minimum Gasteiger partial charge on any atom is -0.493 e. The van der Waals surface area contributed by atoms with Crippen LogP contribution < -0.4 is 4.74 Å². The Morgan fingerprint density at radius 2 is 1.49 bits per heavy atom. The van der Waals surface area contributed by atoms with Gasteiger partial charge in [-0.25, -0.2) is 4.98 Å². The molecule has 0 radical (unpaired) electrons. The molecular weight excluding hydrogens is 472 g/mol. The van der Waals surface area contributed by atoms with Crippen LogP contribution in [0.15, 0.2) is 41.8 Å². The van der Waals surface area contributed by atoms with Crippen molar-refractivity contribution < 1.29 is 4.74 Å². The van der Waals surface area contributed by atoms with Gasteiger partial charge in [-0.05, 0) is 48.8 Å². The Labute approximate surface area is 231 Å². The van der Waals surface area contributed by atoms with Gasteiger partial charge in [0, 0.05) is 18.9 Å². The normalized spacial score (nSPS) is 23.3. The number of hydrogen-bond acceptors (Lipinski definition) is 3. The van der Waals surface area contributed by atoms with Crippen LogP contribution in [-0.2, 0) is 11.3 Å². The van der Waals surface area contributed by atoms with Gasteiger partial charge in [0.05, 0.1) is 11.4 Å². The van der Waals surface area contributed by atoms with Crippen LogP contribution in [0.3, 0.4) is 0 Å². The summed E-state index contributed by atoms with van der Waals surface area (Å²) in [5.74, 6) is 2.74. The fourth-order valence-corrected chi connectivity index (χ4v) is 7.82. The fourth-order valence-electron chi connectivity index (χ4n) is 6.41. The number of unbranched alkanes of at least 4 members (excludes halogenated alkanes) is 9. The zero-order valence-electron chi connectivity index (χ0n) is 23.8. The second-order valence-corrected chi connectivity index (χ2v) is 13.2. The van der Waals surface area contributed by atoms with Crippen molar-refractivity contribution in [3.8, 4) is 5.75 Å². The summed E-state index contributed by atoms with van der Waals surface area (Å²) in [6, 6.07) is 9.11. The minimum atomic E-state index is 0.114. The topological polar surface area (TPSA) is 27.1 Å². The van der Waals surface area contributed by atoms with Crippen molar-refractivity contribution in [1.82, 2.24) is 9.55 Å². The third kappa shape index (κ3) is 8.53. The van der Waals surface area contributed by atoms with Crippen molar-refractivity contribution in [2.24, 2.45) is 11.8 Å². The Hall–Kier alpha value is -1.42. The molecule has 1 fully saturated rings. The number of rotatable bonds is 17. The summed E-state index contributed by atoms with van der Waals surface area (Å²) in [5, 5.41) is 1.17. The van der Waals surface area contributed by atoms with Gasteiger partial charge in [-0.2, -0.15) is 0 Å². The zero-order chi connectivity index (χ0) is 25.8. The lowest BCUT2D eigenvalue weighted by atomic mass is 9.80. The van der Waals surface area contributed by atoms with E-state index in [1.807, 2.05) is 18.0 Å². The monoisotopic (exact) mass is 524 g/mol. The second-order valence-electron chi connectivity index (χ2n) is 11.9. The Morgan fingerprint density at radius 3 is 2.19 bits per heavy atom. The van der Waals surface area contributed by atoms with Crippen molar-refractivity contribution in [2.45, 2.75) is 139 Å². The number of imidazole rings is 1. The highest BCUT2D eigenvalue weighted by atomic mass is 32.2. The molecule has 4 heteroatoms. The minimum absolute atomic E-state index is 0.114. The standard InChI is InChI=1S/C33H52N2OS/c1-3-5-7-9-10-12-14-28-15-17-29(18-16-28)26-36-31-21-19-30(20-22-31)33(23-13-11-8-6-4-2)27-35-25-24-34-32(35)37-33/h19-22,24-25,28-29H,3-18,23,26-27H2,1-2H3. The molecule has 1 unspecified atom stereocenters. The Balaban J connectivity index is 1.21. The van der Waals surface area contributed by atoms with Crippen LogP contribution in [-0.4, -0.2) is 16.2 Å². The maximum Gasteiger partial charge on any atom is 0.168 e. The number of benzene rings is 1. The highest BCUT2D eigenvalue weighted by molar-refractivity contribution is 8.00. The van der Waals surface area contributed by atoms with E-state index in [0.29, 0.717) is 0 Å². The highest BCUT2D eigenvalue weighted by Gasteiger charge is 2.40. The lowest BCUT2D eigenvalue weighted by Gasteiger charge is -2.29. The SMILES string of the molecule is CCCCCCCCC1CCC(COc2ccc(C3(CCCCCCC)Cn4ccnc4S3)cc2)CC1. The first-order valence-electron chi connectivity index (χ1n) is 15.7. The van der Waals surface area contributed by atoms with Crippen LogP contribution in [0, 0.1) is 11.8 Å². The van der Waals surface area contributed by atoms with Crippen LogP contribution in [0.1, 0.15) is 129 Å². The maximum atomic E-state index is 6.32. The van der Waals surface area contributed by atoms with E-state index in [1.54, 1.807) is 0 Å². The molecule has 1 saturated carbocycles. The molecular formula is C33H52N2OS. The third-order valence-electron chi connectivity index (χ3n) is 8.87. The van der Waals surface area contributed by atoms with Crippen molar-refractivity contribution in [3.63, 3.8) is 0 Å². The van der Waals surface area contributed by atoms with Gasteiger partial charge < -0.3 is 9.30 Å². The number of fused-ring (bicyclic) bond motifs is 1. The summed E-state index contributed by atoms with van der Waals surface area (Å²) in [6.45, 7) is 6.51. The molecule has 206 valence electrons. The first-order valence-corrected chi connectivity index (χ1v) is 16.5. The second kappa shape index (κ2) is 15.2. The van der Waals surface area contributed by atoms with Gasteiger partial charge in [0.2, 0.25) is 0 Å². The molecule has 1 aromatic carbocycles. The lowest BCUT2D eigenvalue weighted by Crippen LogP contribution is -2.23. The summed E-state index contributed by atoms with van der Waals surface area (Å²) in [6.07, 6.45) is 27.4. The molecule has 4 rings (SSSR count). The fraction of sp³-hybridized carbons (Fsp3) is 0.727. The Kier molecular flexibility index (Phi) is 11.8. The van der Waals surface area contributed by atoms with Gasteiger partial charge >= 0.3 is 0 Å². The van der Waals surface area contributed by atoms with Gasteiger partial charge in [0.15, 0.2) is 5.16 Å². The van der Waals surface area contributed by atoms with Crippen molar-refractivity contribution in [2.75, 3.05) is 6.61 Å². The summed E-state index contributed by atoms with van der Waals surface area (Å²) in [7, 11) is 0. The van der Waals surface area contributed by atoms with Crippen molar-refractivity contribution in [1.29, 1.82) is 0 Å². The Bertz CT molecular complexity index is 863. The summed E-state index contributed by atoms with van der Waals surface area (Å²) in [5.41, 5.74) is 1.43. The smallest absolute Gasteiger partial charge is 0.168 e. The number of aromatic nitrogens is 2. The van der Waals surface area contributed by atoms with Crippen LogP contribution >= 0.6 is 11.8 Å². The maximum absolute atomic E-state index is 6.32. The highest BCUT2D eigenvalue weighted by Crippen LogP contribution is 2.51. The molecule has 2 aliphatic rings. The molecule has 1 aliphatic carbocycles. The van der Waals surface area contributed by atoms with Crippen LogP contribution in [0.5, 0.6) is 5.75 Å². The molecule has 37 heavy (non-hydrogen) atoms. The summed E-state index contributed by atoms with van der Waals surface area (Å²) >= 11 is 1.97. The largest absolute Gasteiger partial charge is 0.493 e. The van der Waals surface area contributed by atoms with Gasteiger partial charge in [0.25, 0.3) is 0 Å². The molecule has 0 bridgehead atoms. The van der Waals surface area contributed by atoms with E-state index in [9.17, 15) is 0 Å². The van der Waals surface area contributed by atoms with Gasteiger partial charge in [-0.1, -0.05) is 128 Å². The molecule has 2 heterocycles. The first kappa shape index (κ1) is 28.6. The molecule has 1 aliphatic heterocycles. The molecule has 0 amide bonds. The van der Waals surface area contributed by atoms with Crippen LogP contribution in [0.4, 0.5) is 0 Å². The quantitative estimate of drug-likeness (QED) is 0.193. The molecule has 3 nitrogen and oxygen atoms in total. The Morgan fingerprint density at radius 1 is 0.838 bits per heavy atom. The van der Waals surface area contributed by atoms with E-state index in [1.165, 1.54) is 120 Å². The third-order valence-corrected chi connectivity index (χ3v) is 10.4. The molecule has 1 aromatic heterocycles. The predicted octanol–water partition coefficient (Wildman–Crippen LogP) is 10.2. The van der Waals surface area contributed by atoms with E-state index in [0.717, 1.165) is 30.7 Å². The van der Waals surface area contributed by atoms with Gasteiger partial charge in [-0.15, -0.1) is 0 Å². The van der Waals surface area contributed by atoms with E-state index in [2.05, 4.69) is 53.9 Å². The number of ether oxygens (including phenoxy) is 1. The summed E-state index contributed by atoms with van der Waals surface area (Å²) < 4.78 is 8.77. The zero-order valence-corrected chi connectivity index (χ0v) is 24.6. The van der Waals surface area contributed by atoms with Crippen molar-refractivity contribution >= 4 is 11.8 Å². The molecule has 0 saturated heterocycles. The first-order chi connectivity index (χ1) is 18.2. The number of hydrogen-bond donors (Lipinski definition) is 0. The van der Waals surface area contributed by atoms with Gasteiger partial charge in [0.1, 0.15) is 5.75 Å². The van der Waals surface area contributed by atoms with Crippen LogP contribution in [0.25, 0.3) is 0 Å². The van der Waals surface area contributed by atoms with E-state index in [-0.39, 0.29) is 4.75 Å². The molecule has 0 N–H and O–H groups in total. The number of nitrogens with zero attached hydrogens (tertiary/aromatic N) is 2. The molecule has 0 spiro atoms. The van der Waals surface area contributed by atoms with E-state index in [4.69, 9.17) is 4.74 Å².